The van der Waals surface area contributed by atoms with E-state index in [-0.39, 0.29) is 17.8 Å². The summed E-state index contributed by atoms with van der Waals surface area (Å²) in [7, 11) is 0. The highest BCUT2D eigenvalue weighted by atomic mass is 35.5. The summed E-state index contributed by atoms with van der Waals surface area (Å²) >= 11 is 0. The van der Waals surface area contributed by atoms with Crippen LogP contribution in [0.5, 0.6) is 0 Å². The molecule has 5 saturated carbocycles. The average Bonchev–Trinajstić information content (AvgIpc) is 2.79. The Labute approximate surface area is 139 Å². The molecule has 22 heavy (non-hydrogen) atoms. The third kappa shape index (κ3) is 2.00. The molecule has 1 amide bonds. The van der Waals surface area contributed by atoms with E-state index in [1.54, 1.807) is 0 Å². The standard InChI is InChI=1S/C18H28N2O.ClH/c1-16-3-11-4-17(2,8-16)10-18(5-11,9-16)15(21)20-14-12-6-19-7-13(12)14;/h11-14,19H,3-10H2,1-2H3,(H,20,21);1H. The monoisotopic (exact) mass is 324 g/mol. The highest BCUT2D eigenvalue weighted by Crippen LogP contribution is 2.69. The Bertz CT molecular complexity index is 493. The van der Waals surface area contributed by atoms with Crippen molar-refractivity contribution in [3.63, 3.8) is 0 Å². The molecule has 0 radical (unpaired) electrons. The van der Waals surface area contributed by atoms with Gasteiger partial charge in [-0.15, -0.1) is 12.4 Å². The van der Waals surface area contributed by atoms with Crippen LogP contribution in [0.4, 0.5) is 0 Å². The molecule has 0 aromatic carbocycles. The Kier molecular flexibility index (Phi) is 3.06. The van der Waals surface area contributed by atoms with Crippen molar-refractivity contribution in [3.8, 4) is 0 Å². The summed E-state index contributed by atoms with van der Waals surface area (Å²) in [5.74, 6) is 2.69. The Balaban J connectivity index is 0.00000125. The Morgan fingerprint density at radius 3 is 2.14 bits per heavy atom. The molecule has 1 heterocycles. The van der Waals surface area contributed by atoms with Gasteiger partial charge in [0.15, 0.2) is 0 Å². The van der Waals surface area contributed by atoms with Gasteiger partial charge in [-0.3, -0.25) is 4.79 Å². The van der Waals surface area contributed by atoms with E-state index in [0.29, 0.717) is 22.8 Å². The van der Waals surface area contributed by atoms with E-state index in [1.807, 2.05) is 0 Å². The lowest BCUT2D eigenvalue weighted by Crippen LogP contribution is -2.60. The molecule has 6 aliphatic rings. The molecule has 4 unspecified atom stereocenters. The molecular weight excluding hydrogens is 296 g/mol. The van der Waals surface area contributed by atoms with Crippen molar-refractivity contribution in [1.29, 1.82) is 0 Å². The van der Waals surface area contributed by atoms with Crippen LogP contribution < -0.4 is 10.6 Å². The first-order valence-corrected chi connectivity index (χ1v) is 8.92. The number of halogens is 1. The number of carbonyl (C=O) groups is 1. The Morgan fingerprint density at radius 2 is 1.59 bits per heavy atom. The fourth-order valence-corrected chi connectivity index (χ4v) is 7.64. The zero-order valence-electron chi connectivity index (χ0n) is 13.8. The van der Waals surface area contributed by atoms with Crippen LogP contribution >= 0.6 is 12.4 Å². The molecule has 3 nitrogen and oxygen atoms in total. The maximum Gasteiger partial charge on any atom is 0.226 e. The first-order chi connectivity index (χ1) is 9.91. The van der Waals surface area contributed by atoms with Crippen LogP contribution in [0.1, 0.15) is 52.4 Å². The van der Waals surface area contributed by atoms with E-state index < -0.39 is 0 Å². The Morgan fingerprint density at radius 1 is 1.00 bits per heavy atom. The smallest absolute Gasteiger partial charge is 0.226 e. The van der Waals surface area contributed by atoms with Gasteiger partial charge >= 0.3 is 0 Å². The third-order valence-electron chi connectivity index (χ3n) is 7.50. The van der Waals surface area contributed by atoms with Crippen LogP contribution in [0.25, 0.3) is 0 Å². The van der Waals surface area contributed by atoms with E-state index in [4.69, 9.17) is 0 Å². The summed E-state index contributed by atoms with van der Waals surface area (Å²) in [4.78, 5) is 13.1. The maximum absolute atomic E-state index is 13.1. The minimum absolute atomic E-state index is 0. The first kappa shape index (κ1) is 15.3. The molecule has 0 spiro atoms. The molecule has 124 valence electrons. The van der Waals surface area contributed by atoms with Crippen LogP contribution in [0.15, 0.2) is 0 Å². The van der Waals surface area contributed by atoms with Gasteiger partial charge < -0.3 is 10.6 Å². The average molecular weight is 325 g/mol. The van der Waals surface area contributed by atoms with Crippen molar-refractivity contribution < 1.29 is 4.79 Å². The fourth-order valence-electron chi connectivity index (χ4n) is 7.64. The van der Waals surface area contributed by atoms with E-state index in [2.05, 4.69) is 24.5 Å². The molecule has 0 aromatic heterocycles. The minimum atomic E-state index is -0.0206. The van der Waals surface area contributed by atoms with Crippen molar-refractivity contribution in [3.05, 3.63) is 0 Å². The summed E-state index contributed by atoms with van der Waals surface area (Å²) < 4.78 is 0. The van der Waals surface area contributed by atoms with Gasteiger partial charge in [0.05, 0.1) is 5.41 Å². The quantitative estimate of drug-likeness (QED) is 0.820. The van der Waals surface area contributed by atoms with Gasteiger partial charge in [-0.1, -0.05) is 13.8 Å². The van der Waals surface area contributed by atoms with Crippen LogP contribution in [0, 0.1) is 34.0 Å². The van der Waals surface area contributed by atoms with Gasteiger partial charge in [-0.05, 0) is 67.1 Å². The first-order valence-electron chi connectivity index (χ1n) is 8.92. The highest BCUT2D eigenvalue weighted by Gasteiger charge is 2.64. The molecule has 1 saturated heterocycles. The van der Waals surface area contributed by atoms with Crippen LogP contribution in [-0.2, 0) is 4.79 Å². The highest BCUT2D eigenvalue weighted by molar-refractivity contribution is 5.85. The second-order valence-electron chi connectivity index (χ2n) is 9.90. The fraction of sp³-hybridized carbons (Fsp3) is 0.944. The van der Waals surface area contributed by atoms with Crippen LogP contribution in [0.2, 0.25) is 0 Å². The number of amides is 1. The van der Waals surface area contributed by atoms with Gasteiger partial charge in [0.25, 0.3) is 0 Å². The zero-order valence-corrected chi connectivity index (χ0v) is 14.6. The molecule has 4 heteroatoms. The molecule has 4 atom stereocenters. The predicted molar refractivity (Wildman–Crippen MR) is 88.9 cm³/mol. The second kappa shape index (κ2) is 4.42. The van der Waals surface area contributed by atoms with E-state index in [9.17, 15) is 4.79 Å². The molecule has 6 fully saturated rings. The number of fused-ring (bicyclic) bond motifs is 1. The number of rotatable bonds is 2. The zero-order chi connectivity index (χ0) is 14.5. The van der Waals surface area contributed by atoms with Crippen molar-refractivity contribution in [2.75, 3.05) is 13.1 Å². The SMILES string of the molecule is CC12CC3CC(C)(C1)CC(C(=O)NC1C4CNCC41)(C3)C2.Cl. The van der Waals surface area contributed by atoms with Crippen LogP contribution in [-0.4, -0.2) is 25.0 Å². The van der Waals surface area contributed by atoms with Crippen molar-refractivity contribution in [1.82, 2.24) is 10.6 Å². The Hall–Kier alpha value is -0.280. The lowest BCUT2D eigenvalue weighted by Gasteiger charge is -2.64. The second-order valence-corrected chi connectivity index (χ2v) is 9.90. The normalized spacial score (nSPS) is 57.2. The van der Waals surface area contributed by atoms with E-state index in [0.717, 1.165) is 43.7 Å². The van der Waals surface area contributed by atoms with Gasteiger partial charge in [0.2, 0.25) is 5.91 Å². The van der Waals surface area contributed by atoms with Gasteiger partial charge in [0, 0.05) is 19.1 Å². The number of hydrogen-bond donors (Lipinski definition) is 2. The number of carbonyl (C=O) groups excluding carboxylic acids is 1. The summed E-state index contributed by atoms with van der Waals surface area (Å²) in [6.45, 7) is 7.13. The molecule has 5 aliphatic carbocycles. The number of nitrogens with one attached hydrogen (secondary N) is 2. The molecule has 2 N–H and O–H groups in total. The molecule has 0 aromatic rings. The van der Waals surface area contributed by atoms with Gasteiger partial charge in [-0.2, -0.15) is 0 Å². The summed E-state index contributed by atoms with van der Waals surface area (Å²) in [6.07, 6.45) is 7.57. The summed E-state index contributed by atoms with van der Waals surface area (Å²) in [6, 6.07) is 0.493. The summed E-state index contributed by atoms with van der Waals surface area (Å²) in [5.41, 5.74) is 0.853. The molecule has 1 aliphatic heterocycles. The molecule has 4 bridgehead atoms. The molecular formula is C18H29ClN2O. The van der Waals surface area contributed by atoms with E-state index >= 15 is 0 Å². The van der Waals surface area contributed by atoms with Crippen LogP contribution in [0.3, 0.4) is 0 Å². The van der Waals surface area contributed by atoms with E-state index in [1.165, 1.54) is 25.7 Å². The summed E-state index contributed by atoms with van der Waals surface area (Å²) in [5, 5.41) is 6.89. The maximum atomic E-state index is 13.1. The van der Waals surface area contributed by atoms with Crippen molar-refractivity contribution >= 4 is 18.3 Å². The lowest BCUT2D eigenvalue weighted by molar-refractivity contribution is -0.170. The molecule has 6 rings (SSSR count). The largest absolute Gasteiger partial charge is 0.352 e. The topological polar surface area (TPSA) is 41.1 Å². The van der Waals surface area contributed by atoms with Gasteiger partial charge in [-0.25, -0.2) is 0 Å². The number of hydrogen-bond acceptors (Lipinski definition) is 2. The third-order valence-corrected chi connectivity index (χ3v) is 7.50. The predicted octanol–water partition coefficient (Wildman–Crippen LogP) is 2.74. The lowest BCUT2D eigenvalue weighted by atomic mass is 9.40. The van der Waals surface area contributed by atoms with Gasteiger partial charge in [0.1, 0.15) is 0 Å². The minimum Gasteiger partial charge on any atom is -0.352 e. The number of piperidine rings is 1. The van der Waals surface area contributed by atoms with Crippen molar-refractivity contribution in [2.24, 2.45) is 34.0 Å². The van der Waals surface area contributed by atoms with Crippen molar-refractivity contribution in [2.45, 2.75) is 58.4 Å².